The summed E-state index contributed by atoms with van der Waals surface area (Å²) in [5.74, 6) is 0.869. The fraction of sp³-hybridized carbons (Fsp3) is 0.154. The minimum absolute atomic E-state index is 0.697. The van der Waals surface area contributed by atoms with E-state index in [0.29, 0.717) is 6.54 Å². The van der Waals surface area contributed by atoms with Gasteiger partial charge in [0.2, 0.25) is 0 Å². The van der Waals surface area contributed by atoms with Crippen molar-refractivity contribution in [2.24, 2.45) is 0 Å². The molecule has 0 saturated carbocycles. The average molecular weight is 213 g/mol. The van der Waals surface area contributed by atoms with Crippen molar-refractivity contribution in [2.45, 2.75) is 13.5 Å². The first kappa shape index (κ1) is 10.5. The largest absolute Gasteiger partial charge is 0.398 e. The number of para-hydroxylation sites is 1. The van der Waals surface area contributed by atoms with E-state index in [1.54, 1.807) is 0 Å². The second-order valence-corrected chi connectivity index (χ2v) is 3.77. The fourth-order valence-electron chi connectivity index (χ4n) is 1.45. The normalized spacial score (nSPS) is 10.1. The zero-order valence-electron chi connectivity index (χ0n) is 9.27. The van der Waals surface area contributed by atoms with Gasteiger partial charge in [0.1, 0.15) is 5.82 Å². The number of nitrogens with zero attached hydrogens (tertiary/aromatic N) is 1. The minimum Gasteiger partial charge on any atom is -0.398 e. The van der Waals surface area contributed by atoms with Crippen LogP contribution in [0.2, 0.25) is 0 Å². The smallest absolute Gasteiger partial charge is 0.126 e. The van der Waals surface area contributed by atoms with E-state index in [0.717, 1.165) is 22.6 Å². The number of nitrogen functional groups attached to an aromatic ring is 1. The maximum Gasteiger partial charge on any atom is 0.126 e. The van der Waals surface area contributed by atoms with Gasteiger partial charge in [0, 0.05) is 18.4 Å². The summed E-state index contributed by atoms with van der Waals surface area (Å²) in [5.41, 5.74) is 8.90. The SMILES string of the molecule is Cc1ccc(NCc2ccccc2N)nc1. The van der Waals surface area contributed by atoms with E-state index >= 15 is 0 Å². The van der Waals surface area contributed by atoms with Gasteiger partial charge in [-0.25, -0.2) is 4.98 Å². The second-order valence-electron chi connectivity index (χ2n) is 3.77. The molecule has 16 heavy (non-hydrogen) atoms. The van der Waals surface area contributed by atoms with Gasteiger partial charge in [-0.2, -0.15) is 0 Å². The summed E-state index contributed by atoms with van der Waals surface area (Å²) in [6.07, 6.45) is 1.84. The van der Waals surface area contributed by atoms with Crippen molar-refractivity contribution in [1.82, 2.24) is 4.98 Å². The molecule has 0 aliphatic carbocycles. The summed E-state index contributed by atoms with van der Waals surface area (Å²) in [7, 11) is 0. The van der Waals surface area contributed by atoms with Crippen molar-refractivity contribution in [3.63, 3.8) is 0 Å². The number of nitrogens with two attached hydrogens (primary N) is 1. The summed E-state index contributed by atoms with van der Waals surface area (Å²) < 4.78 is 0. The third kappa shape index (κ3) is 2.51. The Morgan fingerprint density at radius 3 is 2.69 bits per heavy atom. The van der Waals surface area contributed by atoms with E-state index in [4.69, 9.17) is 5.73 Å². The van der Waals surface area contributed by atoms with Crippen molar-refractivity contribution in [1.29, 1.82) is 0 Å². The molecule has 0 unspecified atom stereocenters. The Morgan fingerprint density at radius 2 is 2.00 bits per heavy atom. The van der Waals surface area contributed by atoms with Crippen LogP contribution in [0.15, 0.2) is 42.6 Å². The van der Waals surface area contributed by atoms with Gasteiger partial charge in [0.15, 0.2) is 0 Å². The van der Waals surface area contributed by atoms with Crippen LogP contribution >= 0.6 is 0 Å². The zero-order chi connectivity index (χ0) is 11.4. The van der Waals surface area contributed by atoms with Gasteiger partial charge in [-0.1, -0.05) is 24.3 Å². The number of anilines is 2. The Balaban J connectivity index is 2.02. The number of nitrogens with one attached hydrogen (secondary N) is 1. The van der Waals surface area contributed by atoms with Gasteiger partial charge in [0.05, 0.1) is 0 Å². The highest BCUT2D eigenvalue weighted by molar-refractivity contribution is 5.48. The standard InChI is InChI=1S/C13H15N3/c1-10-6-7-13(15-8-10)16-9-11-4-2-3-5-12(11)14/h2-8H,9,14H2,1H3,(H,15,16). The van der Waals surface area contributed by atoms with Crippen molar-refractivity contribution < 1.29 is 0 Å². The van der Waals surface area contributed by atoms with E-state index in [-0.39, 0.29) is 0 Å². The number of aryl methyl sites for hydroxylation is 1. The topological polar surface area (TPSA) is 50.9 Å². The molecule has 2 aromatic rings. The van der Waals surface area contributed by atoms with E-state index in [1.165, 1.54) is 0 Å². The van der Waals surface area contributed by atoms with Gasteiger partial charge in [-0.05, 0) is 30.2 Å². The molecule has 0 atom stereocenters. The van der Waals surface area contributed by atoms with Crippen LogP contribution in [0.5, 0.6) is 0 Å². The molecule has 1 aromatic heterocycles. The van der Waals surface area contributed by atoms with Crippen LogP contribution < -0.4 is 11.1 Å². The summed E-state index contributed by atoms with van der Waals surface area (Å²) in [6.45, 7) is 2.72. The lowest BCUT2D eigenvalue weighted by molar-refractivity contribution is 1.11. The molecule has 0 aliphatic rings. The third-order valence-electron chi connectivity index (χ3n) is 2.43. The molecule has 0 radical (unpaired) electrons. The van der Waals surface area contributed by atoms with Gasteiger partial charge >= 0.3 is 0 Å². The Bertz CT molecular complexity index is 463. The van der Waals surface area contributed by atoms with E-state index < -0.39 is 0 Å². The Morgan fingerprint density at radius 1 is 1.19 bits per heavy atom. The minimum atomic E-state index is 0.697. The van der Waals surface area contributed by atoms with Crippen molar-refractivity contribution in [3.8, 4) is 0 Å². The molecule has 3 heteroatoms. The maximum absolute atomic E-state index is 5.85. The van der Waals surface area contributed by atoms with Crippen LogP contribution in [0.1, 0.15) is 11.1 Å². The zero-order valence-corrected chi connectivity index (χ0v) is 9.27. The highest BCUT2D eigenvalue weighted by Gasteiger charge is 1.98. The molecule has 1 heterocycles. The molecule has 0 spiro atoms. The maximum atomic E-state index is 5.85. The highest BCUT2D eigenvalue weighted by Crippen LogP contribution is 2.12. The predicted octanol–water partition coefficient (Wildman–Crippen LogP) is 2.58. The number of hydrogen-bond acceptors (Lipinski definition) is 3. The van der Waals surface area contributed by atoms with Crippen LogP contribution in [-0.4, -0.2) is 4.98 Å². The lowest BCUT2D eigenvalue weighted by Gasteiger charge is -2.07. The number of benzene rings is 1. The molecule has 3 N–H and O–H groups in total. The highest BCUT2D eigenvalue weighted by atomic mass is 15.0. The van der Waals surface area contributed by atoms with E-state index in [2.05, 4.69) is 10.3 Å². The number of rotatable bonds is 3. The van der Waals surface area contributed by atoms with Crippen LogP contribution in [0.3, 0.4) is 0 Å². The molecule has 0 bridgehead atoms. The van der Waals surface area contributed by atoms with Crippen molar-refractivity contribution in [2.75, 3.05) is 11.1 Å². The first-order chi connectivity index (χ1) is 7.75. The Labute approximate surface area is 95.3 Å². The monoisotopic (exact) mass is 213 g/mol. The Hall–Kier alpha value is -2.03. The van der Waals surface area contributed by atoms with Crippen LogP contribution in [0.25, 0.3) is 0 Å². The van der Waals surface area contributed by atoms with E-state index in [9.17, 15) is 0 Å². The lowest BCUT2D eigenvalue weighted by atomic mass is 10.2. The average Bonchev–Trinajstić information content (AvgIpc) is 2.30. The molecule has 2 rings (SSSR count). The molecule has 82 valence electrons. The molecule has 0 fully saturated rings. The summed E-state index contributed by atoms with van der Waals surface area (Å²) in [4.78, 5) is 4.27. The first-order valence-corrected chi connectivity index (χ1v) is 5.25. The third-order valence-corrected chi connectivity index (χ3v) is 2.43. The number of aromatic nitrogens is 1. The molecule has 1 aromatic carbocycles. The predicted molar refractivity (Wildman–Crippen MR) is 67.2 cm³/mol. The quantitative estimate of drug-likeness (QED) is 0.770. The van der Waals surface area contributed by atoms with Gasteiger partial charge < -0.3 is 11.1 Å². The molecular weight excluding hydrogens is 198 g/mol. The summed E-state index contributed by atoms with van der Waals surface area (Å²) in [5, 5.41) is 3.24. The molecule has 3 nitrogen and oxygen atoms in total. The molecule has 0 saturated heterocycles. The van der Waals surface area contributed by atoms with Crippen molar-refractivity contribution in [3.05, 3.63) is 53.7 Å². The summed E-state index contributed by atoms with van der Waals surface area (Å²) in [6, 6.07) is 11.8. The van der Waals surface area contributed by atoms with Crippen LogP contribution in [0.4, 0.5) is 11.5 Å². The number of pyridine rings is 1. The van der Waals surface area contributed by atoms with Gasteiger partial charge in [-0.3, -0.25) is 0 Å². The van der Waals surface area contributed by atoms with Crippen LogP contribution in [-0.2, 0) is 6.54 Å². The van der Waals surface area contributed by atoms with Gasteiger partial charge in [-0.15, -0.1) is 0 Å². The molecular formula is C13H15N3. The molecule has 0 amide bonds. The van der Waals surface area contributed by atoms with Crippen LogP contribution in [0, 0.1) is 6.92 Å². The summed E-state index contributed by atoms with van der Waals surface area (Å²) >= 11 is 0. The number of hydrogen-bond donors (Lipinski definition) is 2. The second kappa shape index (κ2) is 4.66. The first-order valence-electron chi connectivity index (χ1n) is 5.25. The Kier molecular flexibility index (Phi) is 3.05. The fourth-order valence-corrected chi connectivity index (χ4v) is 1.45. The van der Waals surface area contributed by atoms with Crippen molar-refractivity contribution >= 4 is 11.5 Å². The lowest BCUT2D eigenvalue weighted by Crippen LogP contribution is -2.03. The van der Waals surface area contributed by atoms with E-state index in [1.807, 2.05) is 49.5 Å². The van der Waals surface area contributed by atoms with Gasteiger partial charge in [0.25, 0.3) is 0 Å². The molecule has 0 aliphatic heterocycles.